The number of methoxy groups -OCH3 is 1. The smallest absolute Gasteiger partial charge is 0.305 e. The van der Waals surface area contributed by atoms with E-state index in [9.17, 15) is 27.9 Å². The summed E-state index contributed by atoms with van der Waals surface area (Å²) in [6.45, 7) is 0.293. The Kier molecular flexibility index (Phi) is 8.13. The number of thiazole rings is 1. The van der Waals surface area contributed by atoms with Crippen molar-refractivity contribution in [2.24, 2.45) is 0 Å². The number of aromatic nitrogens is 3. The topological polar surface area (TPSA) is 110 Å². The van der Waals surface area contributed by atoms with Crippen molar-refractivity contribution in [1.82, 2.24) is 25.0 Å². The van der Waals surface area contributed by atoms with Crippen molar-refractivity contribution in [2.75, 3.05) is 26.7 Å². The molecule has 3 heterocycles. The Morgan fingerprint density at radius 1 is 1.35 bits per heavy atom. The number of nitrogens with zero attached hydrogens (tertiary/aromatic N) is 4. The molecule has 1 aliphatic heterocycles. The van der Waals surface area contributed by atoms with Crippen LogP contribution in [0.1, 0.15) is 36.2 Å². The van der Waals surface area contributed by atoms with E-state index in [4.69, 9.17) is 4.74 Å². The Morgan fingerprint density at radius 3 is 2.84 bits per heavy atom. The Labute approximate surface area is 214 Å². The molecule has 1 unspecified atom stereocenters. The predicted octanol–water partition coefficient (Wildman–Crippen LogP) is 3.84. The van der Waals surface area contributed by atoms with Crippen molar-refractivity contribution in [2.45, 2.75) is 37.6 Å². The molecule has 0 spiro atoms. The van der Waals surface area contributed by atoms with Crippen molar-refractivity contribution >= 4 is 23.2 Å². The summed E-state index contributed by atoms with van der Waals surface area (Å²) in [7, 11) is 1.39. The van der Waals surface area contributed by atoms with Crippen molar-refractivity contribution in [1.29, 1.82) is 0 Å². The molecular formula is C24H26F3N5O4S. The number of halogens is 3. The molecule has 1 amide bonds. The average molecular weight is 538 g/mol. The number of rotatable bonds is 10. The maximum absolute atomic E-state index is 14.9. The van der Waals surface area contributed by atoms with Crippen LogP contribution in [0.2, 0.25) is 0 Å². The molecule has 1 atom stereocenters. The molecule has 198 valence electrons. The van der Waals surface area contributed by atoms with Gasteiger partial charge < -0.3 is 15.2 Å². The molecule has 1 aliphatic rings. The van der Waals surface area contributed by atoms with Crippen LogP contribution in [-0.4, -0.2) is 75.4 Å². The number of carboxylic acid groups (broad SMARTS) is 1. The number of nitrogens with one attached hydrogen (secondary N) is 1. The third-order valence-electron chi connectivity index (χ3n) is 6.02. The number of alkyl halides is 2. The quantitative estimate of drug-likeness (QED) is 0.405. The van der Waals surface area contributed by atoms with Crippen LogP contribution in [0, 0.1) is 5.82 Å². The molecule has 0 bridgehead atoms. The van der Waals surface area contributed by atoms with Gasteiger partial charge in [0, 0.05) is 30.6 Å². The van der Waals surface area contributed by atoms with Crippen LogP contribution in [-0.2, 0) is 4.79 Å². The summed E-state index contributed by atoms with van der Waals surface area (Å²) < 4.78 is 49.0. The molecule has 1 aromatic carbocycles. The van der Waals surface area contributed by atoms with Gasteiger partial charge in [-0.25, -0.2) is 22.8 Å². The lowest BCUT2D eigenvalue weighted by molar-refractivity contribution is -0.137. The number of carbonyl (C=O) groups excluding carboxylic acids is 1. The van der Waals surface area contributed by atoms with E-state index in [1.807, 2.05) is 0 Å². The maximum Gasteiger partial charge on any atom is 0.305 e. The van der Waals surface area contributed by atoms with E-state index in [0.29, 0.717) is 18.1 Å². The molecule has 0 radical (unpaired) electrons. The molecule has 0 aliphatic carbocycles. The number of carbonyl (C=O) groups is 2. The van der Waals surface area contributed by atoms with Crippen molar-refractivity contribution < 1.29 is 32.6 Å². The second-order valence-corrected chi connectivity index (χ2v) is 9.62. The first kappa shape index (κ1) is 26.6. The number of benzene rings is 1. The van der Waals surface area contributed by atoms with E-state index >= 15 is 0 Å². The highest BCUT2D eigenvalue weighted by molar-refractivity contribution is 7.12. The van der Waals surface area contributed by atoms with Gasteiger partial charge in [0.15, 0.2) is 5.69 Å². The molecule has 2 aromatic heterocycles. The fourth-order valence-corrected chi connectivity index (χ4v) is 4.93. The van der Waals surface area contributed by atoms with E-state index < -0.39 is 42.6 Å². The lowest BCUT2D eigenvalue weighted by Crippen LogP contribution is -2.45. The van der Waals surface area contributed by atoms with Crippen molar-refractivity contribution in [3.05, 3.63) is 47.4 Å². The predicted molar refractivity (Wildman–Crippen MR) is 130 cm³/mol. The first-order valence-corrected chi connectivity index (χ1v) is 12.5. The summed E-state index contributed by atoms with van der Waals surface area (Å²) >= 11 is 1.23. The van der Waals surface area contributed by atoms with Gasteiger partial charge in [0.25, 0.3) is 11.8 Å². The third kappa shape index (κ3) is 6.46. The average Bonchev–Trinajstić information content (AvgIpc) is 3.51. The van der Waals surface area contributed by atoms with Gasteiger partial charge in [0.2, 0.25) is 5.13 Å². The number of hydrogen-bond donors (Lipinski definition) is 2. The van der Waals surface area contributed by atoms with Crippen LogP contribution in [0.25, 0.3) is 16.4 Å². The monoisotopic (exact) mass is 537 g/mol. The fraction of sp³-hybridized carbons (Fsp3) is 0.417. The standard InChI is InChI=1S/C24H26F3N5O4S/c1-36-19-5-2-4-16(25)21(19)18-13-17(30-32(18)23-28-8-11-37-23)22(35)29-15(12-20(33)34)6-10-31-9-3-7-24(26,27)14-31/h2,4-5,8,11,13,15H,3,6-7,9-10,12,14H2,1H3,(H,29,35)(H,33,34). The number of likely N-dealkylation sites (tertiary alicyclic amines) is 1. The second kappa shape index (κ2) is 11.3. The molecule has 3 aromatic rings. The highest BCUT2D eigenvalue weighted by atomic mass is 32.1. The first-order valence-electron chi connectivity index (χ1n) is 11.6. The Bertz CT molecular complexity index is 1250. The summed E-state index contributed by atoms with van der Waals surface area (Å²) in [5, 5.41) is 18.4. The highest BCUT2D eigenvalue weighted by Gasteiger charge is 2.35. The zero-order chi connectivity index (χ0) is 26.6. The largest absolute Gasteiger partial charge is 0.496 e. The molecule has 13 heteroatoms. The van der Waals surface area contributed by atoms with Gasteiger partial charge in [0.05, 0.1) is 31.3 Å². The summed E-state index contributed by atoms with van der Waals surface area (Å²) in [6.07, 6.45) is 1.48. The minimum Gasteiger partial charge on any atom is -0.496 e. The molecule has 1 saturated heterocycles. The lowest BCUT2D eigenvalue weighted by atomic mass is 10.1. The van der Waals surface area contributed by atoms with E-state index in [0.717, 1.165) is 0 Å². The number of hydrogen-bond acceptors (Lipinski definition) is 7. The summed E-state index contributed by atoms with van der Waals surface area (Å²) in [4.78, 5) is 30.3. The van der Waals surface area contributed by atoms with Crippen LogP contribution in [0.5, 0.6) is 5.75 Å². The molecule has 2 N–H and O–H groups in total. The van der Waals surface area contributed by atoms with Crippen molar-refractivity contribution in [3.63, 3.8) is 0 Å². The van der Waals surface area contributed by atoms with E-state index in [-0.39, 0.29) is 42.1 Å². The van der Waals surface area contributed by atoms with E-state index in [1.54, 1.807) is 16.3 Å². The van der Waals surface area contributed by atoms with Gasteiger partial charge in [-0.15, -0.1) is 11.3 Å². The van der Waals surface area contributed by atoms with Crippen LogP contribution < -0.4 is 10.1 Å². The van der Waals surface area contributed by atoms with Crippen LogP contribution >= 0.6 is 11.3 Å². The Hall–Kier alpha value is -3.45. The van der Waals surface area contributed by atoms with Crippen LogP contribution in [0.15, 0.2) is 35.8 Å². The normalized spacial score (nSPS) is 16.3. The SMILES string of the molecule is COc1cccc(F)c1-c1cc(C(=O)NC(CCN2CCCC(F)(F)C2)CC(=O)O)nn1-c1nccs1. The minimum absolute atomic E-state index is 0.0832. The van der Waals surface area contributed by atoms with E-state index in [2.05, 4.69) is 15.4 Å². The van der Waals surface area contributed by atoms with E-state index in [1.165, 1.54) is 47.5 Å². The number of ether oxygens (including phenoxy) is 1. The first-order chi connectivity index (χ1) is 17.7. The lowest BCUT2D eigenvalue weighted by Gasteiger charge is -2.33. The summed E-state index contributed by atoms with van der Waals surface area (Å²) in [5.74, 6) is -4.96. The number of carboxylic acids is 1. The highest BCUT2D eigenvalue weighted by Crippen LogP contribution is 2.35. The maximum atomic E-state index is 14.9. The molecule has 9 nitrogen and oxygen atoms in total. The summed E-state index contributed by atoms with van der Waals surface area (Å²) in [5.41, 5.74) is 0.218. The van der Waals surface area contributed by atoms with Gasteiger partial charge in [-0.3, -0.25) is 14.5 Å². The number of amides is 1. The zero-order valence-electron chi connectivity index (χ0n) is 20.0. The molecular weight excluding hydrogens is 511 g/mol. The third-order valence-corrected chi connectivity index (χ3v) is 6.76. The Balaban J connectivity index is 1.58. The molecule has 0 saturated carbocycles. The van der Waals surface area contributed by atoms with Gasteiger partial charge in [0.1, 0.15) is 11.6 Å². The van der Waals surface area contributed by atoms with Gasteiger partial charge in [-0.1, -0.05) is 6.07 Å². The van der Waals surface area contributed by atoms with Crippen molar-refractivity contribution in [3.8, 4) is 22.1 Å². The molecule has 4 rings (SSSR count). The number of piperidine rings is 1. The number of aliphatic carboxylic acids is 1. The Morgan fingerprint density at radius 2 is 2.16 bits per heavy atom. The van der Waals surface area contributed by atoms with Gasteiger partial charge in [-0.05, 0) is 37.6 Å². The molecule has 37 heavy (non-hydrogen) atoms. The van der Waals surface area contributed by atoms with Crippen LogP contribution in [0.4, 0.5) is 13.2 Å². The molecule has 1 fully saturated rings. The van der Waals surface area contributed by atoms with Gasteiger partial charge in [-0.2, -0.15) is 5.10 Å². The minimum atomic E-state index is -2.78. The van der Waals surface area contributed by atoms with Gasteiger partial charge >= 0.3 is 5.97 Å². The summed E-state index contributed by atoms with van der Waals surface area (Å²) in [6, 6.07) is 4.87. The van der Waals surface area contributed by atoms with Crippen LogP contribution in [0.3, 0.4) is 0 Å². The second-order valence-electron chi connectivity index (χ2n) is 8.75. The zero-order valence-corrected chi connectivity index (χ0v) is 20.8. The fourth-order valence-electron chi connectivity index (χ4n) is 4.33.